The molecule has 1 aromatic carbocycles. The number of aliphatic hydroxyl groups is 1. The second kappa shape index (κ2) is 11.2. The molecule has 3 heterocycles. The van der Waals surface area contributed by atoms with Crippen LogP contribution in [0.3, 0.4) is 0 Å². The average Bonchev–Trinajstić information content (AvgIpc) is 3.48. The minimum atomic E-state index is -0.774. The highest BCUT2D eigenvalue weighted by molar-refractivity contribution is 8.02. The molecule has 0 aliphatic carbocycles. The monoisotopic (exact) mass is 528 g/mol. The Labute approximate surface area is 224 Å². The number of hydrogen-bond acceptors (Lipinski definition) is 6. The number of rotatable bonds is 11. The summed E-state index contributed by atoms with van der Waals surface area (Å²) in [6.45, 7) is 12.5. The van der Waals surface area contributed by atoms with Gasteiger partial charge in [-0.25, -0.2) is 0 Å². The minimum Gasteiger partial charge on any atom is -0.466 e. The molecular weight excluding hydrogens is 488 g/mol. The normalized spacial score (nSPS) is 31.6. The molecule has 2 amide bonds. The molecule has 7 nitrogen and oxygen atoms in total. The van der Waals surface area contributed by atoms with Gasteiger partial charge < -0.3 is 19.6 Å². The van der Waals surface area contributed by atoms with Crippen LogP contribution in [0.25, 0.3) is 0 Å². The second-order valence-corrected chi connectivity index (χ2v) is 12.2. The van der Waals surface area contributed by atoms with Crippen LogP contribution in [0, 0.1) is 23.7 Å². The van der Waals surface area contributed by atoms with Gasteiger partial charge in [0.1, 0.15) is 6.04 Å². The number of carbonyl (C=O) groups excluding carboxylic acids is 3. The summed E-state index contributed by atoms with van der Waals surface area (Å²) < 4.78 is 4.69. The molecule has 3 fully saturated rings. The first-order valence-electron chi connectivity index (χ1n) is 13.5. The van der Waals surface area contributed by atoms with E-state index in [1.807, 2.05) is 44.2 Å². The number of carbonyl (C=O) groups is 3. The molecule has 1 spiro atoms. The van der Waals surface area contributed by atoms with Crippen LogP contribution in [0.5, 0.6) is 0 Å². The van der Waals surface area contributed by atoms with Gasteiger partial charge >= 0.3 is 5.97 Å². The van der Waals surface area contributed by atoms with Crippen LogP contribution >= 0.6 is 11.8 Å². The van der Waals surface area contributed by atoms with E-state index in [2.05, 4.69) is 13.5 Å². The van der Waals surface area contributed by atoms with Gasteiger partial charge in [0.2, 0.25) is 11.8 Å². The summed E-state index contributed by atoms with van der Waals surface area (Å²) in [5, 5.41) is 10.4. The van der Waals surface area contributed by atoms with Gasteiger partial charge in [0, 0.05) is 18.3 Å². The Morgan fingerprint density at radius 1 is 1.32 bits per heavy atom. The lowest BCUT2D eigenvalue weighted by Gasteiger charge is -2.43. The quantitative estimate of drug-likeness (QED) is 0.349. The molecule has 37 heavy (non-hydrogen) atoms. The number of benzene rings is 1. The number of ether oxygens (including phenoxy) is 1. The molecule has 4 rings (SSSR count). The Morgan fingerprint density at radius 3 is 2.62 bits per heavy atom. The maximum absolute atomic E-state index is 14.6. The van der Waals surface area contributed by atoms with E-state index < -0.39 is 28.7 Å². The van der Waals surface area contributed by atoms with Crippen LogP contribution in [0.1, 0.15) is 46.1 Å². The van der Waals surface area contributed by atoms with Gasteiger partial charge in [0.15, 0.2) is 0 Å². The fraction of sp³-hybridized carbons (Fsp3) is 0.621. The molecule has 3 saturated heterocycles. The Kier molecular flexibility index (Phi) is 8.38. The molecule has 1 N–H and O–H groups in total. The number of likely N-dealkylation sites (tertiary alicyclic amines) is 1. The maximum atomic E-state index is 14.6. The molecule has 1 aromatic rings. The van der Waals surface area contributed by atoms with E-state index >= 15 is 0 Å². The van der Waals surface area contributed by atoms with Gasteiger partial charge in [-0.15, -0.1) is 18.3 Å². The molecule has 3 aliphatic rings. The number of esters is 1. The molecule has 0 aromatic heterocycles. The first kappa shape index (κ1) is 27.7. The summed E-state index contributed by atoms with van der Waals surface area (Å²) in [4.78, 5) is 45.5. The standard InChI is InChI=1S/C29H40N2O5S/c1-6-14-30(16-20-12-10-9-11-13-20)27(34)25-29-19(5)15-22(37-29)23(28(35)36-8-3)24(29)26(33)31(25)21(17-32)18(4)7-2/h6,9-13,18-19,21-25,32H,1,7-8,14-17H2,2-5H3/t18-,19?,21-,22+,23-,24-,25?,29?/m0/s1. The van der Waals surface area contributed by atoms with Crippen molar-refractivity contribution in [2.45, 2.75) is 69.2 Å². The maximum Gasteiger partial charge on any atom is 0.310 e. The average molecular weight is 529 g/mol. The molecule has 3 aliphatic heterocycles. The van der Waals surface area contributed by atoms with Crippen LogP contribution in [0.4, 0.5) is 0 Å². The van der Waals surface area contributed by atoms with Crippen molar-refractivity contribution in [2.24, 2.45) is 23.7 Å². The lowest BCUT2D eigenvalue weighted by atomic mass is 9.66. The highest BCUT2D eigenvalue weighted by Gasteiger charge is 2.77. The molecule has 202 valence electrons. The van der Waals surface area contributed by atoms with Crippen molar-refractivity contribution in [3.05, 3.63) is 48.6 Å². The van der Waals surface area contributed by atoms with Crippen LogP contribution in [0.2, 0.25) is 0 Å². The lowest BCUT2D eigenvalue weighted by molar-refractivity contribution is -0.154. The third-order valence-electron chi connectivity index (χ3n) is 8.70. The van der Waals surface area contributed by atoms with E-state index in [9.17, 15) is 19.5 Å². The number of fused-ring (bicyclic) bond motifs is 1. The van der Waals surface area contributed by atoms with E-state index in [0.29, 0.717) is 13.1 Å². The lowest BCUT2D eigenvalue weighted by Crippen LogP contribution is -2.60. The minimum absolute atomic E-state index is 0.0139. The van der Waals surface area contributed by atoms with Crippen molar-refractivity contribution < 1.29 is 24.2 Å². The first-order valence-corrected chi connectivity index (χ1v) is 14.4. The topological polar surface area (TPSA) is 87.2 Å². The number of nitrogens with zero attached hydrogens (tertiary/aromatic N) is 2. The highest BCUT2D eigenvalue weighted by Crippen LogP contribution is 2.69. The van der Waals surface area contributed by atoms with Crippen LogP contribution < -0.4 is 0 Å². The zero-order chi connectivity index (χ0) is 26.9. The number of aliphatic hydroxyl groups excluding tert-OH is 1. The molecule has 0 saturated carbocycles. The summed E-state index contributed by atoms with van der Waals surface area (Å²) in [5.41, 5.74) is 0.990. The molecule has 8 atom stereocenters. The third kappa shape index (κ3) is 4.50. The zero-order valence-electron chi connectivity index (χ0n) is 22.3. The predicted octanol–water partition coefficient (Wildman–Crippen LogP) is 3.51. The molecule has 2 bridgehead atoms. The van der Waals surface area contributed by atoms with Crippen molar-refractivity contribution in [3.63, 3.8) is 0 Å². The van der Waals surface area contributed by atoms with Crippen molar-refractivity contribution >= 4 is 29.5 Å². The second-order valence-electron chi connectivity index (χ2n) is 10.7. The van der Waals surface area contributed by atoms with E-state index in [0.717, 1.165) is 18.4 Å². The highest BCUT2D eigenvalue weighted by atomic mass is 32.2. The van der Waals surface area contributed by atoms with Gasteiger partial charge in [-0.05, 0) is 30.7 Å². The summed E-state index contributed by atoms with van der Waals surface area (Å²) in [6.07, 6.45) is 3.21. The van der Waals surface area contributed by atoms with Gasteiger partial charge in [-0.2, -0.15) is 0 Å². The molecular formula is C29H40N2O5S. The van der Waals surface area contributed by atoms with Gasteiger partial charge in [-0.3, -0.25) is 14.4 Å². The van der Waals surface area contributed by atoms with Crippen molar-refractivity contribution in [1.29, 1.82) is 0 Å². The molecule has 3 unspecified atom stereocenters. The van der Waals surface area contributed by atoms with Gasteiger partial charge in [0.05, 0.1) is 35.8 Å². The van der Waals surface area contributed by atoms with Crippen LogP contribution in [-0.2, 0) is 25.7 Å². The van der Waals surface area contributed by atoms with Gasteiger partial charge in [0.25, 0.3) is 0 Å². The summed E-state index contributed by atoms with van der Waals surface area (Å²) in [5.74, 6) is -1.87. The smallest absolute Gasteiger partial charge is 0.310 e. The Morgan fingerprint density at radius 2 is 2.03 bits per heavy atom. The van der Waals surface area contributed by atoms with E-state index in [1.54, 1.807) is 34.6 Å². The third-order valence-corrected chi connectivity index (χ3v) is 10.8. The van der Waals surface area contributed by atoms with E-state index in [1.165, 1.54) is 0 Å². The Balaban J connectivity index is 1.82. The van der Waals surface area contributed by atoms with Crippen molar-refractivity contribution in [2.75, 3.05) is 19.8 Å². The van der Waals surface area contributed by atoms with E-state index in [-0.39, 0.29) is 48.1 Å². The molecule has 0 radical (unpaired) electrons. The Bertz CT molecular complexity index is 1020. The molecule has 8 heteroatoms. The summed E-state index contributed by atoms with van der Waals surface area (Å²) >= 11 is 1.63. The van der Waals surface area contributed by atoms with Crippen molar-refractivity contribution in [3.8, 4) is 0 Å². The fourth-order valence-corrected chi connectivity index (χ4v) is 9.17. The van der Waals surface area contributed by atoms with Crippen molar-refractivity contribution in [1.82, 2.24) is 9.80 Å². The first-order chi connectivity index (χ1) is 17.8. The Hall–Kier alpha value is -2.32. The summed E-state index contributed by atoms with van der Waals surface area (Å²) in [7, 11) is 0. The fourth-order valence-electron chi connectivity index (χ4n) is 6.78. The van der Waals surface area contributed by atoms with Crippen LogP contribution in [0.15, 0.2) is 43.0 Å². The SMILES string of the molecule is C=CCN(Cc1ccccc1)C(=O)C1N([C@@H](CO)[C@@H](C)CC)C(=O)[C@@H]2[C@@H](C(=O)OCC)[C@H]3CC(C)C12S3. The number of amides is 2. The predicted molar refractivity (Wildman–Crippen MR) is 145 cm³/mol. The van der Waals surface area contributed by atoms with E-state index in [4.69, 9.17) is 4.74 Å². The van der Waals surface area contributed by atoms with Gasteiger partial charge in [-0.1, -0.05) is 63.6 Å². The zero-order valence-corrected chi connectivity index (χ0v) is 23.2. The number of thioether (sulfide) groups is 1. The summed E-state index contributed by atoms with van der Waals surface area (Å²) in [6, 6.07) is 8.49. The number of hydrogen-bond donors (Lipinski definition) is 1. The van der Waals surface area contributed by atoms with Crippen LogP contribution in [-0.4, -0.2) is 74.5 Å². The largest absolute Gasteiger partial charge is 0.466 e.